The van der Waals surface area contributed by atoms with E-state index in [2.05, 4.69) is 10.6 Å². The lowest BCUT2D eigenvalue weighted by molar-refractivity contribution is -0.134. The summed E-state index contributed by atoms with van der Waals surface area (Å²) in [5, 5.41) is 6.04. The fourth-order valence-electron chi connectivity index (χ4n) is 3.19. The van der Waals surface area contributed by atoms with Gasteiger partial charge in [-0.15, -0.1) is 0 Å². The molecule has 29 heavy (non-hydrogen) atoms. The van der Waals surface area contributed by atoms with Crippen LogP contribution in [-0.4, -0.2) is 23.8 Å². The summed E-state index contributed by atoms with van der Waals surface area (Å²) in [6, 6.07) is 13.4. The summed E-state index contributed by atoms with van der Waals surface area (Å²) in [7, 11) is 0. The van der Waals surface area contributed by atoms with Crippen LogP contribution in [0.3, 0.4) is 0 Å². The normalized spacial score (nSPS) is 16.5. The second kappa shape index (κ2) is 7.97. The van der Waals surface area contributed by atoms with Crippen LogP contribution in [-0.2, 0) is 16.2 Å². The third kappa shape index (κ3) is 3.95. The monoisotopic (exact) mass is 412 g/mol. The number of amides is 3. The molecule has 1 aliphatic heterocycles. The van der Waals surface area contributed by atoms with Crippen molar-refractivity contribution in [1.82, 2.24) is 10.6 Å². The summed E-state index contributed by atoms with van der Waals surface area (Å²) in [5.41, 5.74) is 1.07. The van der Waals surface area contributed by atoms with Crippen molar-refractivity contribution in [1.29, 1.82) is 0 Å². The van der Waals surface area contributed by atoms with Crippen molar-refractivity contribution < 1.29 is 23.5 Å². The van der Waals surface area contributed by atoms with Gasteiger partial charge in [-0.2, -0.15) is 0 Å². The maximum absolute atomic E-state index is 12.9. The molecular weight excluding hydrogens is 396 g/mol. The van der Waals surface area contributed by atoms with Crippen LogP contribution in [0.15, 0.2) is 52.9 Å². The Bertz CT molecular complexity index is 1110. The van der Waals surface area contributed by atoms with Gasteiger partial charge >= 0.3 is 0 Å². The molecule has 3 aromatic rings. The first-order chi connectivity index (χ1) is 14.0. The second-order valence-electron chi connectivity index (χ2n) is 6.60. The van der Waals surface area contributed by atoms with Gasteiger partial charge in [-0.05, 0) is 24.6 Å². The minimum absolute atomic E-state index is 0.0544. The molecule has 2 aromatic carbocycles. The number of ether oxygens (including phenoxy) is 1. The lowest BCUT2D eigenvalue weighted by Crippen LogP contribution is -2.52. The molecular formula is C21H17ClN2O5. The highest BCUT2D eigenvalue weighted by atomic mass is 35.5. The van der Waals surface area contributed by atoms with Crippen LogP contribution in [0, 0.1) is 0 Å². The third-order valence-corrected chi connectivity index (χ3v) is 4.97. The predicted octanol–water partition coefficient (Wildman–Crippen LogP) is 3.20. The molecule has 1 saturated heterocycles. The van der Waals surface area contributed by atoms with E-state index in [9.17, 15) is 14.4 Å². The van der Waals surface area contributed by atoms with E-state index in [0.29, 0.717) is 21.9 Å². The molecule has 4 rings (SSSR count). The number of imide groups is 1. The highest BCUT2D eigenvalue weighted by molar-refractivity contribution is 6.32. The zero-order valence-electron chi connectivity index (χ0n) is 15.2. The number of hydrogen-bond acceptors (Lipinski definition) is 5. The average molecular weight is 413 g/mol. The number of piperidine rings is 1. The van der Waals surface area contributed by atoms with Crippen LogP contribution >= 0.6 is 11.6 Å². The minimum Gasteiger partial charge on any atom is -0.487 e. The SMILES string of the molecule is O=C1CC[C@H](NC(=O)c2oc3ccccc3c2COc2ccccc2Cl)C(=O)N1. The number of carbonyl (C=O) groups is 3. The Balaban J connectivity index is 1.61. The Labute approximate surface area is 171 Å². The zero-order chi connectivity index (χ0) is 20.4. The second-order valence-corrected chi connectivity index (χ2v) is 7.01. The quantitative estimate of drug-likeness (QED) is 0.627. The molecule has 0 radical (unpaired) electrons. The minimum atomic E-state index is -0.800. The maximum Gasteiger partial charge on any atom is 0.288 e. The number of hydrogen-bond donors (Lipinski definition) is 2. The van der Waals surface area contributed by atoms with Gasteiger partial charge in [0.05, 0.1) is 5.02 Å². The molecule has 3 amide bonds. The summed E-state index contributed by atoms with van der Waals surface area (Å²) < 4.78 is 11.6. The molecule has 0 unspecified atom stereocenters. The van der Waals surface area contributed by atoms with Crippen molar-refractivity contribution in [3.05, 3.63) is 64.9 Å². The molecule has 148 valence electrons. The number of carbonyl (C=O) groups excluding carboxylic acids is 3. The van der Waals surface area contributed by atoms with Crippen molar-refractivity contribution in [3.8, 4) is 5.75 Å². The van der Waals surface area contributed by atoms with E-state index >= 15 is 0 Å². The predicted molar refractivity (Wildman–Crippen MR) is 106 cm³/mol. The number of halogens is 1. The molecule has 0 bridgehead atoms. The standard InChI is InChI=1S/C21H17ClN2O5/c22-14-6-2-4-8-17(14)28-11-13-12-5-1-3-7-16(12)29-19(13)21(27)23-15-9-10-18(25)24-20(15)26/h1-8,15H,9-11H2,(H,23,27)(H,24,25,26)/t15-/m0/s1. The molecule has 1 aliphatic rings. The number of rotatable bonds is 5. The van der Waals surface area contributed by atoms with Gasteiger partial charge in [-0.1, -0.05) is 41.9 Å². The molecule has 0 spiro atoms. The van der Waals surface area contributed by atoms with Gasteiger partial charge in [0.2, 0.25) is 11.8 Å². The Hall–Kier alpha value is -3.32. The molecule has 0 saturated carbocycles. The first-order valence-corrected chi connectivity index (χ1v) is 9.43. The van der Waals surface area contributed by atoms with Crippen LogP contribution in [0.5, 0.6) is 5.75 Å². The third-order valence-electron chi connectivity index (χ3n) is 4.66. The van der Waals surface area contributed by atoms with Crippen molar-refractivity contribution in [2.24, 2.45) is 0 Å². The van der Waals surface area contributed by atoms with E-state index < -0.39 is 17.9 Å². The summed E-state index contributed by atoms with van der Waals surface area (Å²) >= 11 is 6.14. The van der Waals surface area contributed by atoms with Crippen molar-refractivity contribution in [3.63, 3.8) is 0 Å². The Morgan fingerprint density at radius 3 is 2.72 bits per heavy atom. The smallest absolute Gasteiger partial charge is 0.288 e. The fraction of sp³-hybridized carbons (Fsp3) is 0.190. The molecule has 1 fully saturated rings. The molecule has 7 nitrogen and oxygen atoms in total. The van der Waals surface area contributed by atoms with Crippen LogP contribution in [0.4, 0.5) is 0 Å². The van der Waals surface area contributed by atoms with Crippen LogP contribution in [0.25, 0.3) is 11.0 Å². The first-order valence-electron chi connectivity index (χ1n) is 9.05. The van der Waals surface area contributed by atoms with Crippen LogP contribution < -0.4 is 15.4 Å². The lowest BCUT2D eigenvalue weighted by Gasteiger charge is -2.21. The van der Waals surface area contributed by atoms with E-state index in [-0.39, 0.29) is 31.1 Å². The average Bonchev–Trinajstić information content (AvgIpc) is 3.08. The van der Waals surface area contributed by atoms with Gasteiger partial charge in [0, 0.05) is 17.4 Å². The molecule has 1 atom stereocenters. The Morgan fingerprint density at radius 2 is 1.93 bits per heavy atom. The summed E-state index contributed by atoms with van der Waals surface area (Å²) in [5.74, 6) is -0.884. The Kier molecular flexibility index (Phi) is 5.22. The summed E-state index contributed by atoms with van der Waals surface area (Å²) in [6.45, 7) is 0.0544. The largest absolute Gasteiger partial charge is 0.487 e. The Morgan fingerprint density at radius 1 is 1.17 bits per heavy atom. The number of benzene rings is 2. The van der Waals surface area contributed by atoms with E-state index in [1.807, 2.05) is 12.1 Å². The van der Waals surface area contributed by atoms with E-state index in [1.165, 1.54) is 0 Å². The summed E-state index contributed by atoms with van der Waals surface area (Å²) in [4.78, 5) is 36.1. The fourth-order valence-corrected chi connectivity index (χ4v) is 3.38. The van der Waals surface area contributed by atoms with Crippen LogP contribution in [0.1, 0.15) is 29.0 Å². The number of para-hydroxylation sites is 2. The highest BCUT2D eigenvalue weighted by Crippen LogP contribution is 2.29. The van der Waals surface area contributed by atoms with Gasteiger partial charge in [0.15, 0.2) is 5.76 Å². The molecule has 2 N–H and O–H groups in total. The van der Waals surface area contributed by atoms with Gasteiger partial charge in [0.25, 0.3) is 5.91 Å². The van der Waals surface area contributed by atoms with Crippen molar-refractivity contribution >= 4 is 40.3 Å². The molecule has 8 heteroatoms. The zero-order valence-corrected chi connectivity index (χ0v) is 16.0. The van der Waals surface area contributed by atoms with Gasteiger partial charge in [-0.25, -0.2) is 0 Å². The summed E-state index contributed by atoms with van der Waals surface area (Å²) in [6.07, 6.45) is 0.404. The van der Waals surface area contributed by atoms with Gasteiger partial charge in [-0.3, -0.25) is 19.7 Å². The first kappa shape index (κ1) is 19.0. The van der Waals surface area contributed by atoms with E-state index in [0.717, 1.165) is 5.39 Å². The lowest BCUT2D eigenvalue weighted by atomic mass is 10.1. The van der Waals surface area contributed by atoms with Crippen LogP contribution in [0.2, 0.25) is 5.02 Å². The van der Waals surface area contributed by atoms with Gasteiger partial charge in [0.1, 0.15) is 24.0 Å². The number of nitrogens with one attached hydrogen (secondary N) is 2. The maximum atomic E-state index is 12.9. The van der Waals surface area contributed by atoms with Crippen molar-refractivity contribution in [2.45, 2.75) is 25.5 Å². The number of fused-ring (bicyclic) bond motifs is 1. The van der Waals surface area contributed by atoms with Crippen molar-refractivity contribution in [2.75, 3.05) is 0 Å². The molecule has 2 heterocycles. The van der Waals surface area contributed by atoms with Gasteiger partial charge < -0.3 is 14.5 Å². The topological polar surface area (TPSA) is 97.6 Å². The van der Waals surface area contributed by atoms with E-state index in [1.54, 1.807) is 36.4 Å². The van der Waals surface area contributed by atoms with E-state index in [4.69, 9.17) is 20.8 Å². The molecule has 1 aromatic heterocycles. The molecule has 0 aliphatic carbocycles. The number of furan rings is 1. The highest BCUT2D eigenvalue weighted by Gasteiger charge is 2.30.